The van der Waals surface area contributed by atoms with Crippen LogP contribution < -0.4 is 9.47 Å². The predicted molar refractivity (Wildman–Crippen MR) is 237 cm³/mol. The van der Waals surface area contributed by atoms with Crippen LogP contribution in [-0.4, -0.2) is 115 Å². The number of ether oxygens (including phenoxy) is 6. The van der Waals surface area contributed by atoms with Crippen molar-refractivity contribution in [1.82, 2.24) is 9.88 Å². The molecule has 63 heavy (non-hydrogen) atoms. The van der Waals surface area contributed by atoms with Crippen LogP contribution in [0.1, 0.15) is 73.4 Å². The third kappa shape index (κ3) is 12.0. The molecule has 14 heteroatoms. The standard InChI is InChI=1S/C49H65N3O11/c1-4-25-62-49-45(52(21-26-58-27-24-55)48(56)60-29-28-59-33-36-14-6-5-7-15-36)32-43(51-57-3)41-30-37(16-8-10-22-53)40(18-9-11-23-54)46(47(41)49)42-31-39(19-20-44(42)63-49)61-34-38-17-12-13-35(2)50-38/h4-7,12-15,17,19-20,30-31,37,40,45-47,53-55H,1,8-11,16,18,21-29,32-34H2,2-3H3. The molecule has 2 heterocycles. The summed E-state index contributed by atoms with van der Waals surface area (Å²) in [5, 5.41) is 34.0. The summed E-state index contributed by atoms with van der Waals surface area (Å²) in [7, 11) is 1.51. The van der Waals surface area contributed by atoms with Gasteiger partial charge in [-0.1, -0.05) is 66.5 Å². The number of unbranched alkanes of at least 4 members (excludes halogenated alkanes) is 2. The Bertz CT molecular complexity index is 1960. The zero-order chi connectivity index (χ0) is 44.4. The lowest BCUT2D eigenvalue weighted by Crippen LogP contribution is -2.70. The average molecular weight is 872 g/mol. The Morgan fingerprint density at radius 1 is 0.937 bits per heavy atom. The number of allylic oxidation sites excluding steroid dienone is 1. The number of oxime groups is 1. The van der Waals surface area contributed by atoms with Crippen LogP contribution in [0.15, 0.2) is 96.2 Å². The van der Waals surface area contributed by atoms with E-state index in [0.717, 1.165) is 53.8 Å². The minimum Gasteiger partial charge on any atom is -0.487 e. The molecular weight excluding hydrogens is 807 g/mol. The Morgan fingerprint density at radius 3 is 2.49 bits per heavy atom. The van der Waals surface area contributed by atoms with Crippen molar-refractivity contribution >= 4 is 11.8 Å². The molecular formula is C49H65N3O11. The minimum absolute atomic E-state index is 0.00386. The van der Waals surface area contributed by atoms with E-state index in [4.69, 9.17) is 33.3 Å². The van der Waals surface area contributed by atoms with Gasteiger partial charge in [-0.05, 0) is 85.9 Å². The molecule has 0 spiro atoms. The van der Waals surface area contributed by atoms with Gasteiger partial charge in [-0.15, -0.1) is 6.58 Å². The molecule has 3 aliphatic rings. The van der Waals surface area contributed by atoms with Crippen molar-refractivity contribution in [3.63, 3.8) is 0 Å². The summed E-state index contributed by atoms with van der Waals surface area (Å²) in [6, 6.07) is 20.7. The normalized spacial score (nSPS) is 22.9. The molecule has 1 aromatic heterocycles. The van der Waals surface area contributed by atoms with Gasteiger partial charge in [0.25, 0.3) is 0 Å². The third-order valence-corrected chi connectivity index (χ3v) is 12.1. The molecule has 6 unspecified atom stereocenters. The van der Waals surface area contributed by atoms with Crippen molar-refractivity contribution in [2.24, 2.45) is 22.9 Å². The van der Waals surface area contributed by atoms with Gasteiger partial charge in [0.2, 0.25) is 5.79 Å². The highest BCUT2D eigenvalue weighted by molar-refractivity contribution is 6.03. The highest BCUT2D eigenvalue weighted by Gasteiger charge is 2.65. The van der Waals surface area contributed by atoms with Gasteiger partial charge in [0.05, 0.1) is 57.0 Å². The number of pyridine rings is 1. The summed E-state index contributed by atoms with van der Waals surface area (Å²) >= 11 is 0. The minimum atomic E-state index is -1.48. The molecule has 1 saturated carbocycles. The molecule has 2 aromatic carbocycles. The van der Waals surface area contributed by atoms with Crippen molar-refractivity contribution in [3.05, 3.63) is 114 Å². The van der Waals surface area contributed by atoms with Gasteiger partial charge in [-0.25, -0.2) is 4.79 Å². The second kappa shape index (κ2) is 24.3. The Labute approximate surface area is 371 Å². The number of aliphatic hydroxyl groups is 3. The SMILES string of the molecule is C=CCOC12Oc3ccc(OCc4cccc(C)n4)cc3C3C(CCCCO)C(CCCCO)C=C(C(=NOC)CC1N(CCOCCO)C(=O)OCCOCc1ccccc1)C32. The molecule has 1 amide bonds. The first-order chi connectivity index (χ1) is 30.9. The molecule has 1 fully saturated rings. The lowest BCUT2D eigenvalue weighted by Gasteiger charge is -2.59. The van der Waals surface area contributed by atoms with E-state index in [1.165, 1.54) is 7.11 Å². The Hall–Kier alpha value is -4.83. The maximum Gasteiger partial charge on any atom is 0.410 e. The Balaban J connectivity index is 1.45. The van der Waals surface area contributed by atoms with E-state index in [1.54, 1.807) is 11.0 Å². The fraction of sp³-hybridized carbons (Fsp3) is 0.531. The number of carbonyl (C=O) groups is 1. The number of hydrogen-bond donors (Lipinski definition) is 3. The van der Waals surface area contributed by atoms with E-state index >= 15 is 0 Å². The number of nitrogens with zero attached hydrogens (tertiary/aromatic N) is 3. The quantitative estimate of drug-likeness (QED) is 0.0434. The van der Waals surface area contributed by atoms with Crippen molar-refractivity contribution in [1.29, 1.82) is 0 Å². The largest absolute Gasteiger partial charge is 0.487 e. The van der Waals surface area contributed by atoms with Gasteiger partial charge in [-0.2, -0.15) is 0 Å². The number of aliphatic hydroxyl groups excluding tert-OH is 3. The van der Waals surface area contributed by atoms with Gasteiger partial charge in [0.15, 0.2) is 0 Å². The van der Waals surface area contributed by atoms with Gasteiger partial charge in [0.1, 0.15) is 37.9 Å². The molecule has 3 aromatic rings. The van der Waals surface area contributed by atoms with Crippen LogP contribution in [0.25, 0.3) is 0 Å². The molecule has 2 aliphatic carbocycles. The first-order valence-electron chi connectivity index (χ1n) is 22.3. The summed E-state index contributed by atoms with van der Waals surface area (Å²) in [5.41, 5.74) is 5.22. The Morgan fingerprint density at radius 2 is 1.75 bits per heavy atom. The number of hydrogen-bond acceptors (Lipinski definition) is 13. The molecule has 3 N–H and O–H groups in total. The first kappa shape index (κ1) is 47.6. The molecule has 6 atom stereocenters. The van der Waals surface area contributed by atoms with Crippen molar-refractivity contribution in [2.75, 3.05) is 66.5 Å². The fourth-order valence-corrected chi connectivity index (χ4v) is 9.42. The predicted octanol–water partition coefficient (Wildman–Crippen LogP) is 6.90. The van der Waals surface area contributed by atoms with Crippen molar-refractivity contribution in [2.45, 2.75) is 82.8 Å². The maximum atomic E-state index is 14.5. The average Bonchev–Trinajstić information content (AvgIpc) is 3.29. The van der Waals surface area contributed by atoms with Crippen molar-refractivity contribution in [3.8, 4) is 11.5 Å². The van der Waals surface area contributed by atoms with E-state index < -0.39 is 23.8 Å². The van der Waals surface area contributed by atoms with Crippen LogP contribution >= 0.6 is 0 Å². The summed E-state index contributed by atoms with van der Waals surface area (Å²) in [5.74, 6) is -0.883. The second-order valence-electron chi connectivity index (χ2n) is 16.2. The van der Waals surface area contributed by atoms with E-state index in [2.05, 4.69) is 28.9 Å². The molecule has 1 aliphatic heterocycles. The molecule has 0 bridgehead atoms. The monoisotopic (exact) mass is 871 g/mol. The summed E-state index contributed by atoms with van der Waals surface area (Å²) in [4.78, 5) is 26.3. The number of carbonyl (C=O) groups excluding carboxylic acids is 1. The van der Waals surface area contributed by atoms with Gasteiger partial charge >= 0.3 is 6.09 Å². The van der Waals surface area contributed by atoms with Crippen LogP contribution in [0.3, 0.4) is 0 Å². The van der Waals surface area contributed by atoms with Gasteiger partial charge in [0, 0.05) is 43.4 Å². The molecule has 0 radical (unpaired) electrons. The molecule has 0 saturated heterocycles. The van der Waals surface area contributed by atoms with Gasteiger partial charge < -0.3 is 48.6 Å². The van der Waals surface area contributed by atoms with Crippen LogP contribution in [0.5, 0.6) is 11.5 Å². The maximum absolute atomic E-state index is 14.5. The summed E-state index contributed by atoms with van der Waals surface area (Å²) in [6.45, 7) is 7.16. The molecule has 14 nitrogen and oxygen atoms in total. The fourth-order valence-electron chi connectivity index (χ4n) is 9.42. The molecule has 6 rings (SSSR count). The van der Waals surface area contributed by atoms with Crippen molar-refractivity contribution < 1.29 is 53.4 Å². The lowest BCUT2D eigenvalue weighted by molar-refractivity contribution is -0.256. The van der Waals surface area contributed by atoms with Crippen LogP contribution in [-0.2, 0) is 37.0 Å². The first-order valence-corrected chi connectivity index (χ1v) is 22.3. The topological polar surface area (TPSA) is 171 Å². The van der Waals surface area contributed by atoms with Crippen LogP contribution in [0.4, 0.5) is 4.79 Å². The number of amides is 1. The van der Waals surface area contributed by atoms with Crippen LogP contribution in [0, 0.1) is 24.7 Å². The summed E-state index contributed by atoms with van der Waals surface area (Å²) in [6.07, 6.45) is 8.06. The second-order valence-corrected chi connectivity index (χ2v) is 16.2. The van der Waals surface area contributed by atoms with E-state index in [0.29, 0.717) is 36.7 Å². The number of benzene rings is 2. The zero-order valence-electron chi connectivity index (χ0n) is 36.8. The smallest absolute Gasteiger partial charge is 0.410 e. The highest BCUT2D eigenvalue weighted by atomic mass is 16.7. The number of aryl methyl sites for hydroxylation is 1. The van der Waals surface area contributed by atoms with Gasteiger partial charge in [-0.3, -0.25) is 9.88 Å². The third-order valence-electron chi connectivity index (χ3n) is 12.1. The van der Waals surface area contributed by atoms with Crippen LogP contribution in [0.2, 0.25) is 0 Å². The zero-order valence-corrected chi connectivity index (χ0v) is 36.8. The number of aromatic nitrogens is 1. The van der Waals surface area contributed by atoms with E-state index in [1.807, 2.05) is 67.6 Å². The summed E-state index contributed by atoms with van der Waals surface area (Å²) < 4.78 is 38.3. The number of rotatable bonds is 26. The van der Waals surface area contributed by atoms with E-state index in [-0.39, 0.29) is 90.2 Å². The number of fused-ring (bicyclic) bond motifs is 2. The molecule has 342 valence electrons. The lowest BCUT2D eigenvalue weighted by atomic mass is 9.55. The van der Waals surface area contributed by atoms with E-state index in [9.17, 15) is 20.1 Å². The highest BCUT2D eigenvalue weighted by Crippen LogP contribution is 2.62. The Kier molecular flexibility index (Phi) is 18.4.